The van der Waals surface area contributed by atoms with Crippen molar-refractivity contribution in [2.24, 2.45) is 0 Å². The minimum Gasteiger partial charge on any atom is -0.494 e. The van der Waals surface area contributed by atoms with E-state index in [4.69, 9.17) is 4.74 Å². The summed E-state index contributed by atoms with van der Waals surface area (Å²) >= 11 is 0. The maximum atomic E-state index is 14.3. The van der Waals surface area contributed by atoms with Gasteiger partial charge in [0.05, 0.1) is 12.3 Å². The van der Waals surface area contributed by atoms with E-state index < -0.39 is 17.8 Å². The van der Waals surface area contributed by atoms with Gasteiger partial charge in [-0.1, -0.05) is 72.8 Å². The molecule has 0 unspecified atom stereocenters. The van der Waals surface area contributed by atoms with Crippen LogP contribution in [0, 0.1) is 5.82 Å². The number of carboxylic acids is 1. The van der Waals surface area contributed by atoms with Gasteiger partial charge < -0.3 is 20.1 Å². The Labute approximate surface area is 250 Å². The number of benzene rings is 4. The van der Waals surface area contributed by atoms with Crippen LogP contribution in [0.5, 0.6) is 5.75 Å². The minimum absolute atomic E-state index is 0.175. The summed E-state index contributed by atoms with van der Waals surface area (Å²) in [7, 11) is 0. The first-order valence-corrected chi connectivity index (χ1v) is 14.0. The third-order valence-corrected chi connectivity index (χ3v) is 6.71. The molecule has 0 saturated heterocycles. The molecule has 220 valence electrons. The molecule has 2 N–H and O–H groups in total. The Morgan fingerprint density at radius 2 is 1.58 bits per heavy atom. The number of hydrogen-bond donors (Lipinski definition) is 2. The van der Waals surface area contributed by atoms with Crippen molar-refractivity contribution in [1.29, 1.82) is 0 Å². The molecule has 0 aliphatic rings. The molecule has 0 aliphatic heterocycles. The van der Waals surface area contributed by atoms with Crippen LogP contribution in [0.25, 0.3) is 0 Å². The third-order valence-electron chi connectivity index (χ3n) is 6.71. The molecule has 0 heterocycles. The molecule has 4 rings (SSSR count). The topological polar surface area (TPSA) is 95.9 Å². The van der Waals surface area contributed by atoms with Crippen LogP contribution in [-0.4, -0.2) is 42.0 Å². The Hall–Kier alpha value is -5.24. The van der Waals surface area contributed by atoms with E-state index >= 15 is 0 Å². The van der Waals surface area contributed by atoms with E-state index in [1.165, 1.54) is 17.0 Å². The number of anilines is 2. The molecule has 0 saturated carbocycles. The van der Waals surface area contributed by atoms with Crippen LogP contribution in [0.4, 0.5) is 15.8 Å². The van der Waals surface area contributed by atoms with Crippen LogP contribution >= 0.6 is 0 Å². The van der Waals surface area contributed by atoms with Crippen LogP contribution in [0.3, 0.4) is 0 Å². The van der Waals surface area contributed by atoms with Crippen molar-refractivity contribution >= 4 is 29.0 Å². The van der Waals surface area contributed by atoms with Crippen LogP contribution < -0.4 is 15.0 Å². The van der Waals surface area contributed by atoms with Crippen molar-refractivity contribution in [1.82, 2.24) is 0 Å². The highest BCUT2D eigenvalue weighted by Crippen LogP contribution is 2.23. The Bertz CT molecular complexity index is 1570. The van der Waals surface area contributed by atoms with E-state index in [2.05, 4.69) is 5.32 Å². The fourth-order valence-corrected chi connectivity index (χ4v) is 4.56. The maximum absolute atomic E-state index is 14.3. The lowest BCUT2D eigenvalue weighted by atomic mass is 10.00. The summed E-state index contributed by atoms with van der Waals surface area (Å²) in [5.74, 6) is -1.45. The number of aliphatic carboxylic acids is 1. The molecule has 7 nitrogen and oxygen atoms in total. The van der Waals surface area contributed by atoms with Crippen LogP contribution in [0.1, 0.15) is 34.8 Å². The zero-order chi connectivity index (χ0) is 30.6. The average Bonchev–Trinajstić information content (AvgIpc) is 3.02. The molecule has 43 heavy (non-hydrogen) atoms. The van der Waals surface area contributed by atoms with Crippen molar-refractivity contribution in [2.75, 3.05) is 23.4 Å². The summed E-state index contributed by atoms with van der Waals surface area (Å²) in [6.45, 7) is 2.28. The number of hydrogen-bond acceptors (Lipinski definition) is 5. The maximum Gasteiger partial charge on any atom is 0.326 e. The Kier molecular flexibility index (Phi) is 10.8. The lowest BCUT2D eigenvalue weighted by Crippen LogP contribution is -2.32. The van der Waals surface area contributed by atoms with Crippen LogP contribution in [0.15, 0.2) is 115 Å². The lowest BCUT2D eigenvalue weighted by molar-refractivity contribution is -0.137. The SMILES string of the molecule is CC=CC(=O)N(CCCOc1ccc(C[C@H](Nc2ccccc2C(=O)c2ccccc2)C(=O)O)cc1)c1ccccc1F. The zero-order valence-electron chi connectivity index (χ0n) is 23.8. The number of ketones is 1. The summed E-state index contributed by atoms with van der Waals surface area (Å²) < 4.78 is 20.2. The van der Waals surface area contributed by atoms with Gasteiger partial charge in [0.2, 0.25) is 0 Å². The number of ether oxygens (including phenoxy) is 1. The Morgan fingerprint density at radius 3 is 2.28 bits per heavy atom. The molecule has 0 fully saturated rings. The smallest absolute Gasteiger partial charge is 0.326 e. The quantitative estimate of drug-likeness (QED) is 0.0999. The largest absolute Gasteiger partial charge is 0.494 e. The van der Waals surface area contributed by atoms with Gasteiger partial charge in [0.1, 0.15) is 17.6 Å². The van der Waals surface area contributed by atoms with Gasteiger partial charge >= 0.3 is 5.97 Å². The fraction of sp³-hybridized carbons (Fsp3) is 0.171. The number of carbonyl (C=O) groups is 3. The van der Waals surface area contributed by atoms with Gasteiger partial charge in [0.15, 0.2) is 5.78 Å². The first-order chi connectivity index (χ1) is 20.9. The summed E-state index contributed by atoms with van der Waals surface area (Å²) in [5.41, 5.74) is 2.33. The number of allylic oxidation sites excluding steroid dienone is 1. The van der Waals surface area contributed by atoms with E-state index in [0.717, 1.165) is 5.56 Å². The number of nitrogens with zero attached hydrogens (tertiary/aromatic N) is 1. The summed E-state index contributed by atoms with van der Waals surface area (Å²) in [4.78, 5) is 39.1. The second kappa shape index (κ2) is 15.1. The summed E-state index contributed by atoms with van der Waals surface area (Å²) in [6, 6.07) is 27.9. The number of halogens is 1. The first-order valence-electron chi connectivity index (χ1n) is 14.0. The Balaban J connectivity index is 1.35. The monoisotopic (exact) mass is 580 g/mol. The molecule has 0 bridgehead atoms. The molecule has 0 spiro atoms. The number of para-hydroxylation sites is 2. The second-order valence-electron chi connectivity index (χ2n) is 9.77. The molecule has 0 aliphatic carbocycles. The Morgan fingerprint density at radius 1 is 0.907 bits per heavy atom. The highest BCUT2D eigenvalue weighted by Gasteiger charge is 2.21. The molecular weight excluding hydrogens is 547 g/mol. The fourth-order valence-electron chi connectivity index (χ4n) is 4.56. The van der Waals surface area contributed by atoms with E-state index in [0.29, 0.717) is 35.6 Å². The van der Waals surface area contributed by atoms with E-state index in [9.17, 15) is 23.9 Å². The minimum atomic E-state index is -1.05. The third kappa shape index (κ3) is 8.39. The molecular formula is C35H33FN2O5. The van der Waals surface area contributed by atoms with Crippen molar-refractivity contribution in [2.45, 2.75) is 25.8 Å². The summed E-state index contributed by atoms with van der Waals surface area (Å²) in [5, 5.41) is 13.0. The molecule has 0 aromatic heterocycles. The van der Waals surface area contributed by atoms with Crippen molar-refractivity contribution in [3.05, 3.63) is 138 Å². The van der Waals surface area contributed by atoms with Crippen LogP contribution in [-0.2, 0) is 16.0 Å². The zero-order valence-corrected chi connectivity index (χ0v) is 23.8. The standard InChI is InChI=1S/C35H33FN2O5/c1-2-11-33(39)38(32-17-9-7-15-29(32)36)22-10-23-43-27-20-18-25(19-21-27)24-31(35(41)42)37-30-16-8-6-14-28(30)34(40)26-12-4-3-5-13-26/h2-9,11-21,31,37H,10,22-24H2,1H3,(H,41,42)/t31-/m0/s1. The van der Waals surface area contributed by atoms with Crippen molar-refractivity contribution < 1.29 is 28.6 Å². The molecule has 4 aromatic carbocycles. The van der Waals surface area contributed by atoms with Crippen molar-refractivity contribution in [3.8, 4) is 5.75 Å². The molecule has 1 atom stereocenters. The highest BCUT2D eigenvalue weighted by atomic mass is 19.1. The molecule has 8 heteroatoms. The van der Waals surface area contributed by atoms with Gasteiger partial charge in [-0.25, -0.2) is 9.18 Å². The molecule has 4 aromatic rings. The molecule has 0 radical (unpaired) electrons. The highest BCUT2D eigenvalue weighted by molar-refractivity contribution is 6.12. The normalized spacial score (nSPS) is 11.6. The lowest BCUT2D eigenvalue weighted by Gasteiger charge is -2.22. The number of carbonyl (C=O) groups excluding carboxylic acids is 2. The average molecular weight is 581 g/mol. The van der Waals surface area contributed by atoms with Gasteiger partial charge in [0.25, 0.3) is 5.91 Å². The number of amides is 1. The van der Waals surface area contributed by atoms with E-state index in [-0.39, 0.29) is 30.3 Å². The van der Waals surface area contributed by atoms with E-state index in [1.807, 2.05) is 6.07 Å². The van der Waals surface area contributed by atoms with E-state index in [1.54, 1.807) is 104 Å². The van der Waals surface area contributed by atoms with Gasteiger partial charge in [-0.15, -0.1) is 0 Å². The number of nitrogens with one attached hydrogen (secondary N) is 1. The predicted octanol–water partition coefficient (Wildman–Crippen LogP) is 6.54. The van der Waals surface area contributed by atoms with Gasteiger partial charge in [0, 0.05) is 29.8 Å². The van der Waals surface area contributed by atoms with Gasteiger partial charge in [-0.05, 0) is 61.4 Å². The predicted molar refractivity (Wildman–Crippen MR) is 165 cm³/mol. The first kappa shape index (κ1) is 30.7. The van der Waals surface area contributed by atoms with Crippen LogP contribution in [0.2, 0.25) is 0 Å². The molecule has 1 amide bonds. The number of rotatable bonds is 14. The number of carboxylic acid groups (broad SMARTS) is 1. The second-order valence-corrected chi connectivity index (χ2v) is 9.77. The summed E-state index contributed by atoms with van der Waals surface area (Å²) in [6.07, 6.45) is 3.65. The van der Waals surface area contributed by atoms with Crippen molar-refractivity contribution in [3.63, 3.8) is 0 Å². The van der Waals surface area contributed by atoms with Gasteiger partial charge in [-0.3, -0.25) is 9.59 Å². The van der Waals surface area contributed by atoms with Gasteiger partial charge in [-0.2, -0.15) is 0 Å².